The van der Waals surface area contributed by atoms with E-state index >= 15 is 0 Å². The molecule has 0 saturated heterocycles. The average molecular weight is 327 g/mol. The highest BCUT2D eigenvalue weighted by atomic mass is 79.9. The monoisotopic (exact) mass is 325 g/mol. The van der Waals surface area contributed by atoms with Crippen LogP contribution in [0.4, 0.5) is 0 Å². The first-order valence-electron chi connectivity index (χ1n) is 5.34. The van der Waals surface area contributed by atoms with Gasteiger partial charge in [0.15, 0.2) is 10.3 Å². The van der Waals surface area contributed by atoms with Gasteiger partial charge in [0.1, 0.15) is 17.6 Å². The second-order valence-corrected chi connectivity index (χ2v) is 5.12. The number of nitrogens with two attached hydrogens (primary N) is 1. The summed E-state index contributed by atoms with van der Waals surface area (Å²) in [6.45, 7) is 0. The summed E-state index contributed by atoms with van der Waals surface area (Å²) < 4.78 is 11.8. The lowest BCUT2D eigenvalue weighted by Gasteiger charge is -2.03. The molecule has 5 heteroatoms. The van der Waals surface area contributed by atoms with E-state index in [-0.39, 0.29) is 0 Å². The van der Waals surface area contributed by atoms with Crippen LogP contribution in [0.15, 0.2) is 49.9 Å². The fraction of sp³-hybridized carbons (Fsp3) is 0.0769. The number of hydrogen-bond acceptors (Lipinski definition) is 3. The predicted octanol–water partition coefficient (Wildman–Crippen LogP) is 4.49. The van der Waals surface area contributed by atoms with E-state index < -0.39 is 6.04 Å². The van der Waals surface area contributed by atoms with E-state index in [4.69, 9.17) is 26.2 Å². The summed E-state index contributed by atoms with van der Waals surface area (Å²) >= 11 is 9.31. The Morgan fingerprint density at radius 3 is 2.61 bits per heavy atom. The van der Waals surface area contributed by atoms with Crippen molar-refractivity contribution < 1.29 is 8.83 Å². The molecule has 0 bridgehead atoms. The van der Waals surface area contributed by atoms with Crippen molar-refractivity contribution in [2.45, 2.75) is 6.04 Å². The van der Waals surface area contributed by atoms with Crippen molar-refractivity contribution in [3.8, 4) is 0 Å². The Bertz CT molecular complexity index is 704. The van der Waals surface area contributed by atoms with E-state index in [0.29, 0.717) is 26.8 Å². The first-order valence-corrected chi connectivity index (χ1v) is 6.51. The van der Waals surface area contributed by atoms with Crippen LogP contribution >= 0.6 is 27.5 Å². The number of para-hydroxylation sites is 1. The third-order valence-electron chi connectivity index (χ3n) is 2.72. The molecule has 0 fully saturated rings. The summed E-state index contributed by atoms with van der Waals surface area (Å²) in [4.78, 5) is 0. The topological polar surface area (TPSA) is 52.3 Å². The zero-order valence-corrected chi connectivity index (χ0v) is 11.5. The zero-order valence-electron chi connectivity index (χ0n) is 9.19. The van der Waals surface area contributed by atoms with Gasteiger partial charge in [0.25, 0.3) is 0 Å². The molecule has 1 atom stereocenters. The van der Waals surface area contributed by atoms with Gasteiger partial charge in [-0.1, -0.05) is 23.7 Å². The Morgan fingerprint density at radius 1 is 1.11 bits per heavy atom. The van der Waals surface area contributed by atoms with Crippen molar-refractivity contribution in [3.05, 3.63) is 57.6 Å². The van der Waals surface area contributed by atoms with Crippen LogP contribution < -0.4 is 5.73 Å². The maximum atomic E-state index is 6.09. The quantitative estimate of drug-likeness (QED) is 0.755. The Morgan fingerprint density at radius 2 is 1.94 bits per heavy atom. The van der Waals surface area contributed by atoms with Gasteiger partial charge in [-0.25, -0.2) is 0 Å². The second-order valence-electron chi connectivity index (χ2n) is 3.93. The Kier molecular flexibility index (Phi) is 2.93. The highest BCUT2D eigenvalue weighted by molar-refractivity contribution is 9.10. The first-order chi connectivity index (χ1) is 8.65. The summed E-state index contributed by atoms with van der Waals surface area (Å²) in [5.41, 5.74) is 6.74. The Hall–Kier alpha value is -1.23. The highest BCUT2D eigenvalue weighted by Gasteiger charge is 2.18. The SMILES string of the molecule is NC(c1ccc(Br)o1)c1cc2cccc(Cl)c2o1. The molecule has 3 aromatic rings. The van der Waals surface area contributed by atoms with E-state index in [1.54, 1.807) is 12.1 Å². The van der Waals surface area contributed by atoms with Crippen molar-refractivity contribution in [3.63, 3.8) is 0 Å². The lowest BCUT2D eigenvalue weighted by molar-refractivity contribution is 0.434. The normalized spacial score (nSPS) is 13.1. The molecule has 1 aromatic carbocycles. The summed E-state index contributed by atoms with van der Waals surface area (Å²) in [5.74, 6) is 1.26. The maximum absolute atomic E-state index is 6.09. The van der Waals surface area contributed by atoms with Crippen LogP contribution in [0.2, 0.25) is 5.02 Å². The number of rotatable bonds is 2. The number of halogens is 2. The molecule has 2 N–H and O–H groups in total. The third kappa shape index (κ3) is 1.96. The summed E-state index contributed by atoms with van der Waals surface area (Å²) in [6.07, 6.45) is 0. The van der Waals surface area contributed by atoms with Gasteiger partial charge in [-0.3, -0.25) is 0 Å². The van der Waals surface area contributed by atoms with Crippen molar-refractivity contribution in [2.24, 2.45) is 5.73 Å². The van der Waals surface area contributed by atoms with Crippen LogP contribution in [0.3, 0.4) is 0 Å². The van der Waals surface area contributed by atoms with Gasteiger partial charge in [-0.2, -0.15) is 0 Å². The van der Waals surface area contributed by atoms with Gasteiger partial charge in [-0.15, -0.1) is 0 Å². The lowest BCUT2D eigenvalue weighted by atomic mass is 10.1. The van der Waals surface area contributed by atoms with Gasteiger partial charge < -0.3 is 14.6 Å². The van der Waals surface area contributed by atoms with Crippen LogP contribution in [0.5, 0.6) is 0 Å². The summed E-state index contributed by atoms with van der Waals surface area (Å²) in [6, 6.07) is 10.6. The summed E-state index contributed by atoms with van der Waals surface area (Å²) in [7, 11) is 0. The second kappa shape index (κ2) is 4.46. The standard InChI is InChI=1S/C13H9BrClNO2/c14-11-5-4-9(17-11)12(16)10-6-7-2-1-3-8(15)13(7)18-10/h1-6,12H,16H2. The van der Waals surface area contributed by atoms with E-state index in [1.165, 1.54) is 0 Å². The van der Waals surface area contributed by atoms with Crippen LogP contribution in [-0.2, 0) is 0 Å². The van der Waals surface area contributed by atoms with Gasteiger partial charge in [-0.05, 0) is 40.2 Å². The molecule has 3 rings (SSSR count). The summed E-state index contributed by atoms with van der Waals surface area (Å²) in [5, 5.41) is 1.50. The van der Waals surface area contributed by atoms with E-state index in [9.17, 15) is 0 Å². The molecular formula is C13H9BrClNO2. The number of benzene rings is 1. The van der Waals surface area contributed by atoms with Crippen LogP contribution in [0, 0.1) is 0 Å². The van der Waals surface area contributed by atoms with Crippen molar-refractivity contribution in [1.82, 2.24) is 0 Å². The molecule has 1 unspecified atom stereocenters. The molecule has 2 aromatic heterocycles. The minimum Gasteiger partial charge on any atom is -0.457 e. The van der Waals surface area contributed by atoms with Gasteiger partial charge in [0.2, 0.25) is 0 Å². The highest BCUT2D eigenvalue weighted by Crippen LogP contribution is 2.31. The number of fused-ring (bicyclic) bond motifs is 1. The number of furan rings is 2. The molecule has 0 amide bonds. The minimum atomic E-state index is -0.445. The van der Waals surface area contributed by atoms with E-state index in [0.717, 1.165) is 5.39 Å². The molecule has 0 aliphatic carbocycles. The van der Waals surface area contributed by atoms with E-state index in [1.807, 2.05) is 24.3 Å². The Balaban J connectivity index is 2.06. The van der Waals surface area contributed by atoms with Crippen LogP contribution in [-0.4, -0.2) is 0 Å². The molecule has 0 saturated carbocycles. The van der Waals surface area contributed by atoms with Gasteiger partial charge in [0.05, 0.1) is 5.02 Å². The van der Waals surface area contributed by atoms with Crippen LogP contribution in [0.1, 0.15) is 17.6 Å². The van der Waals surface area contributed by atoms with Crippen molar-refractivity contribution in [1.29, 1.82) is 0 Å². The minimum absolute atomic E-state index is 0.445. The molecule has 92 valence electrons. The lowest BCUT2D eigenvalue weighted by Crippen LogP contribution is -2.09. The molecule has 0 aliphatic rings. The Labute approximate surface area is 117 Å². The molecule has 3 nitrogen and oxygen atoms in total. The molecule has 0 spiro atoms. The van der Waals surface area contributed by atoms with Crippen molar-refractivity contribution >= 4 is 38.5 Å². The molecule has 0 radical (unpaired) electrons. The van der Waals surface area contributed by atoms with E-state index in [2.05, 4.69) is 15.9 Å². The van der Waals surface area contributed by atoms with Crippen molar-refractivity contribution in [2.75, 3.05) is 0 Å². The fourth-order valence-electron chi connectivity index (χ4n) is 1.84. The van der Waals surface area contributed by atoms with Crippen LogP contribution in [0.25, 0.3) is 11.0 Å². The fourth-order valence-corrected chi connectivity index (χ4v) is 2.38. The molecule has 0 aliphatic heterocycles. The zero-order chi connectivity index (χ0) is 12.7. The third-order valence-corrected chi connectivity index (χ3v) is 3.45. The van der Waals surface area contributed by atoms with Gasteiger partial charge >= 0.3 is 0 Å². The number of hydrogen-bond donors (Lipinski definition) is 1. The largest absolute Gasteiger partial charge is 0.457 e. The molecular weight excluding hydrogens is 318 g/mol. The first kappa shape index (κ1) is 11.8. The van der Waals surface area contributed by atoms with Gasteiger partial charge in [0, 0.05) is 5.39 Å². The predicted molar refractivity (Wildman–Crippen MR) is 73.7 cm³/mol. The molecule has 2 heterocycles. The average Bonchev–Trinajstić information content (AvgIpc) is 2.95. The maximum Gasteiger partial charge on any atom is 0.169 e. The smallest absolute Gasteiger partial charge is 0.169 e. The molecule has 18 heavy (non-hydrogen) atoms.